The second kappa shape index (κ2) is 14.0. The summed E-state index contributed by atoms with van der Waals surface area (Å²) in [6.07, 6.45) is 0. The highest BCUT2D eigenvalue weighted by Crippen LogP contribution is 2.36. The number of hydrogen-bond acceptors (Lipinski definition) is 4. The van der Waals surface area contributed by atoms with Gasteiger partial charge in [0.15, 0.2) is 5.52 Å². The fourth-order valence-electron chi connectivity index (χ4n) is 4.93. The van der Waals surface area contributed by atoms with Crippen LogP contribution >= 0.6 is 8.58 Å². The van der Waals surface area contributed by atoms with Gasteiger partial charge in [-0.2, -0.15) is 0 Å². The van der Waals surface area contributed by atoms with Crippen molar-refractivity contribution in [1.82, 2.24) is 0 Å². The first kappa shape index (κ1) is 29.1. The normalized spacial score (nSPS) is 11.0. The molecule has 0 aliphatic carbocycles. The van der Waals surface area contributed by atoms with Crippen LogP contribution in [0, 0.1) is 20.8 Å². The number of hydrogen-bond donors (Lipinski definition) is 0. The Morgan fingerprint density at radius 1 is 0.571 bits per heavy atom. The molecule has 42 heavy (non-hydrogen) atoms. The Labute approximate surface area is 250 Å². The van der Waals surface area contributed by atoms with Crippen LogP contribution in [0.3, 0.4) is 0 Å². The first-order chi connectivity index (χ1) is 20.5. The van der Waals surface area contributed by atoms with Gasteiger partial charge in [0.05, 0.1) is 5.30 Å². The van der Waals surface area contributed by atoms with Crippen LogP contribution in [0.4, 0.5) is 0 Å². The summed E-state index contributed by atoms with van der Waals surface area (Å²) in [4.78, 5) is 13.9. The maximum atomic E-state index is 13.9. The summed E-state index contributed by atoms with van der Waals surface area (Å²) in [6, 6.07) is 37.9. The number of carbonyl (C=O) groups excluding carboxylic acids is 1. The van der Waals surface area contributed by atoms with Crippen molar-refractivity contribution in [3.8, 4) is 17.2 Å². The lowest BCUT2D eigenvalue weighted by atomic mass is 10.0. The zero-order valence-corrected chi connectivity index (χ0v) is 25.2. The lowest BCUT2D eigenvalue weighted by Crippen LogP contribution is -2.14. The number of carbonyl (C=O) groups is 1. The van der Waals surface area contributed by atoms with Gasteiger partial charge in [0.2, 0.25) is 0 Å². The minimum absolute atomic E-state index is 0.0528. The average Bonchev–Trinajstić information content (AvgIpc) is 3.00. The predicted molar refractivity (Wildman–Crippen MR) is 172 cm³/mol. The highest BCUT2D eigenvalue weighted by Gasteiger charge is 2.22. The molecule has 5 rings (SSSR count). The van der Waals surface area contributed by atoms with E-state index in [1.807, 2.05) is 117 Å². The second-order valence-corrected chi connectivity index (χ2v) is 11.5. The molecule has 0 spiro atoms. The summed E-state index contributed by atoms with van der Waals surface area (Å²) < 4.78 is 19.1. The average molecular weight is 575 g/mol. The van der Waals surface area contributed by atoms with Crippen molar-refractivity contribution in [2.45, 2.75) is 40.6 Å². The van der Waals surface area contributed by atoms with Crippen LogP contribution in [0.5, 0.6) is 17.2 Å². The third-order valence-corrected chi connectivity index (χ3v) is 8.12. The molecule has 0 heterocycles. The lowest BCUT2D eigenvalue weighted by molar-refractivity contribution is 0.108. The van der Waals surface area contributed by atoms with Crippen LogP contribution in [0.1, 0.15) is 43.7 Å². The lowest BCUT2D eigenvalue weighted by Gasteiger charge is -2.19. The van der Waals surface area contributed by atoms with E-state index in [-0.39, 0.29) is 14.1 Å². The molecule has 0 saturated heterocycles. The standard InChI is InChI=1S/C37H35O4P/c1-26-19-27(2)35(28(3)20-26)37(38)42-36-33(40-24-30-15-9-5-10-16-30)21-32(39-23-29-13-7-4-8-14-29)22-34(36)41-25-31-17-11-6-12-18-31/h4-22,42H,23-25H2,1-3H3. The fourth-order valence-corrected chi connectivity index (χ4v) is 6.21. The van der Waals surface area contributed by atoms with E-state index in [9.17, 15) is 4.79 Å². The molecule has 0 amide bonds. The van der Waals surface area contributed by atoms with Gasteiger partial charge in [0, 0.05) is 17.7 Å². The van der Waals surface area contributed by atoms with Crippen molar-refractivity contribution in [1.29, 1.82) is 0 Å². The van der Waals surface area contributed by atoms with Crippen molar-refractivity contribution >= 4 is 19.4 Å². The molecule has 4 nitrogen and oxygen atoms in total. The van der Waals surface area contributed by atoms with Gasteiger partial charge >= 0.3 is 0 Å². The Kier molecular flexibility index (Phi) is 9.69. The van der Waals surface area contributed by atoms with E-state index in [0.717, 1.165) is 44.2 Å². The van der Waals surface area contributed by atoms with Crippen LogP contribution in [0.15, 0.2) is 115 Å². The number of rotatable bonds is 12. The summed E-state index contributed by atoms with van der Waals surface area (Å²) >= 11 is 0. The van der Waals surface area contributed by atoms with E-state index in [1.54, 1.807) is 0 Å². The number of ether oxygens (including phenoxy) is 3. The first-order valence-electron chi connectivity index (χ1n) is 14.0. The first-order valence-corrected chi connectivity index (χ1v) is 15.0. The minimum Gasteiger partial charge on any atom is -0.489 e. The van der Waals surface area contributed by atoms with Crippen molar-refractivity contribution in [3.05, 3.63) is 154 Å². The Morgan fingerprint density at radius 2 is 0.976 bits per heavy atom. The largest absolute Gasteiger partial charge is 0.489 e. The van der Waals surface area contributed by atoms with Crippen LogP contribution in [-0.4, -0.2) is 5.52 Å². The van der Waals surface area contributed by atoms with Crippen molar-refractivity contribution < 1.29 is 19.0 Å². The van der Waals surface area contributed by atoms with Crippen LogP contribution in [-0.2, 0) is 19.8 Å². The fraction of sp³-hybridized carbons (Fsp3) is 0.162. The van der Waals surface area contributed by atoms with Crippen LogP contribution in [0.25, 0.3) is 0 Å². The molecule has 5 aromatic rings. The highest BCUT2D eigenvalue weighted by molar-refractivity contribution is 7.66. The van der Waals surface area contributed by atoms with Gasteiger partial charge in [0.1, 0.15) is 37.1 Å². The SMILES string of the molecule is Cc1cc(C)c(C(=O)Pc2c(OCc3ccccc3)cc(OCc3ccccc3)cc2OCc2ccccc2)c(C)c1. The third-order valence-electron chi connectivity index (χ3n) is 6.90. The van der Waals surface area contributed by atoms with E-state index in [1.165, 1.54) is 0 Å². The summed E-state index contributed by atoms with van der Waals surface area (Å²) in [5.74, 6) is 1.79. The smallest absolute Gasteiger partial charge is 0.186 e. The Bertz CT molecular complexity index is 1550. The zero-order valence-electron chi connectivity index (χ0n) is 24.2. The quantitative estimate of drug-likeness (QED) is 0.140. The van der Waals surface area contributed by atoms with Gasteiger partial charge < -0.3 is 14.2 Å². The number of aryl methyl sites for hydroxylation is 3. The van der Waals surface area contributed by atoms with E-state index in [4.69, 9.17) is 14.2 Å². The second-order valence-electron chi connectivity index (χ2n) is 10.3. The summed E-state index contributed by atoms with van der Waals surface area (Å²) in [7, 11) is -0.195. The molecular formula is C37H35O4P. The molecule has 0 bridgehead atoms. The molecule has 0 saturated carbocycles. The molecule has 212 valence electrons. The maximum absolute atomic E-state index is 13.9. The van der Waals surface area contributed by atoms with E-state index >= 15 is 0 Å². The van der Waals surface area contributed by atoms with Crippen molar-refractivity contribution in [2.75, 3.05) is 0 Å². The molecule has 5 aromatic carbocycles. The maximum Gasteiger partial charge on any atom is 0.186 e. The topological polar surface area (TPSA) is 44.8 Å². The van der Waals surface area contributed by atoms with E-state index in [0.29, 0.717) is 37.1 Å². The molecule has 0 aliphatic heterocycles. The van der Waals surface area contributed by atoms with Gasteiger partial charge in [-0.1, -0.05) is 109 Å². The Balaban J connectivity index is 1.53. The van der Waals surface area contributed by atoms with Gasteiger partial charge in [-0.05, 0) is 57.2 Å². The number of benzene rings is 5. The molecule has 1 unspecified atom stereocenters. The van der Waals surface area contributed by atoms with Crippen LogP contribution in [0.2, 0.25) is 0 Å². The molecule has 0 radical (unpaired) electrons. The molecule has 1 atom stereocenters. The third kappa shape index (κ3) is 7.66. The minimum atomic E-state index is -0.195. The Morgan fingerprint density at radius 3 is 1.40 bits per heavy atom. The van der Waals surface area contributed by atoms with Gasteiger partial charge in [-0.15, -0.1) is 0 Å². The highest BCUT2D eigenvalue weighted by atomic mass is 31.1. The van der Waals surface area contributed by atoms with E-state index in [2.05, 4.69) is 19.1 Å². The summed E-state index contributed by atoms with van der Waals surface area (Å²) in [5.41, 5.74) is 7.03. The van der Waals surface area contributed by atoms with Gasteiger partial charge in [0.25, 0.3) is 0 Å². The van der Waals surface area contributed by atoms with Crippen molar-refractivity contribution in [3.63, 3.8) is 0 Å². The van der Waals surface area contributed by atoms with Gasteiger partial charge in [-0.25, -0.2) is 0 Å². The molecule has 0 N–H and O–H groups in total. The monoisotopic (exact) mass is 574 g/mol. The van der Waals surface area contributed by atoms with E-state index < -0.39 is 0 Å². The summed E-state index contributed by atoms with van der Waals surface area (Å²) in [5, 5.41) is 0.735. The Hall–Kier alpha value is -4.40. The van der Waals surface area contributed by atoms with Crippen molar-refractivity contribution in [2.24, 2.45) is 0 Å². The van der Waals surface area contributed by atoms with Crippen LogP contribution < -0.4 is 19.5 Å². The molecule has 5 heteroatoms. The molecule has 0 fully saturated rings. The zero-order chi connectivity index (χ0) is 29.3. The summed E-state index contributed by atoms with van der Waals surface area (Å²) in [6.45, 7) is 7.16. The molecular weight excluding hydrogens is 539 g/mol. The predicted octanol–water partition coefficient (Wildman–Crippen LogP) is 8.49. The molecule has 0 aliphatic rings. The molecule has 0 aromatic heterocycles. The van der Waals surface area contributed by atoms with Gasteiger partial charge in [-0.3, -0.25) is 4.79 Å².